The normalized spacial score (nSPS) is 13.8. The molecule has 4 heteroatoms. The molecule has 0 spiro atoms. The van der Waals surface area contributed by atoms with E-state index in [1.165, 1.54) is 60.9 Å². The van der Waals surface area contributed by atoms with Crippen molar-refractivity contribution < 1.29 is 5.11 Å². The Morgan fingerprint density at radius 2 is 1.76 bits per heavy atom. The lowest BCUT2D eigenvalue weighted by atomic mass is 9.92. The van der Waals surface area contributed by atoms with Gasteiger partial charge in [-0.05, 0) is 62.3 Å². The van der Waals surface area contributed by atoms with Crippen LogP contribution in [0.15, 0.2) is 18.2 Å². The number of hydrogen-bond acceptors (Lipinski definition) is 3. The minimum absolute atomic E-state index is 0.325. The Balaban J connectivity index is 1.65. The summed E-state index contributed by atoms with van der Waals surface area (Å²) in [5, 5.41) is 14.5. The van der Waals surface area contributed by atoms with Gasteiger partial charge >= 0.3 is 0 Å². The van der Waals surface area contributed by atoms with Crippen LogP contribution in [0.1, 0.15) is 62.6 Å². The van der Waals surface area contributed by atoms with Crippen molar-refractivity contribution in [1.82, 2.24) is 4.98 Å². The standard InChI is InChI=1S/C21H29ClN2O/c22-16-11-12-18-20(15-16)24-19-10-6-5-9-17(19)21(18)23-13-7-3-1-2-4-8-14-25/h11-12,15,25H,1-10,13-14H2,(H,23,24). The summed E-state index contributed by atoms with van der Waals surface area (Å²) >= 11 is 6.18. The molecule has 1 aromatic carbocycles. The van der Waals surface area contributed by atoms with Crippen LogP contribution in [0.2, 0.25) is 5.02 Å². The fraction of sp³-hybridized carbons (Fsp3) is 0.571. The van der Waals surface area contributed by atoms with E-state index in [1.807, 2.05) is 12.1 Å². The Hall–Kier alpha value is -1.32. The summed E-state index contributed by atoms with van der Waals surface area (Å²) in [5.41, 5.74) is 4.98. The van der Waals surface area contributed by atoms with Crippen LogP contribution in [-0.4, -0.2) is 23.2 Å². The second-order valence-corrected chi connectivity index (χ2v) is 7.49. The first-order chi connectivity index (χ1) is 12.3. The molecule has 1 aliphatic carbocycles. The lowest BCUT2D eigenvalue weighted by Gasteiger charge is -2.22. The predicted molar refractivity (Wildman–Crippen MR) is 107 cm³/mol. The van der Waals surface area contributed by atoms with Gasteiger partial charge in [0.25, 0.3) is 0 Å². The Morgan fingerprint density at radius 3 is 2.60 bits per heavy atom. The molecule has 0 bridgehead atoms. The van der Waals surface area contributed by atoms with E-state index in [1.54, 1.807) is 0 Å². The van der Waals surface area contributed by atoms with Gasteiger partial charge in [-0.15, -0.1) is 0 Å². The van der Waals surface area contributed by atoms with Crippen molar-refractivity contribution in [3.8, 4) is 0 Å². The zero-order chi connectivity index (χ0) is 17.5. The summed E-state index contributed by atoms with van der Waals surface area (Å²) in [6.07, 6.45) is 11.7. The number of fused-ring (bicyclic) bond motifs is 2. The van der Waals surface area contributed by atoms with Crippen LogP contribution in [0.5, 0.6) is 0 Å². The van der Waals surface area contributed by atoms with E-state index in [2.05, 4.69) is 11.4 Å². The highest BCUT2D eigenvalue weighted by molar-refractivity contribution is 6.31. The number of aliphatic hydroxyl groups excluding tert-OH is 1. The fourth-order valence-electron chi connectivity index (χ4n) is 3.76. The van der Waals surface area contributed by atoms with Gasteiger partial charge in [-0.2, -0.15) is 0 Å². The molecular formula is C21H29ClN2O. The van der Waals surface area contributed by atoms with Gasteiger partial charge in [0.1, 0.15) is 0 Å². The number of nitrogens with zero attached hydrogens (tertiary/aromatic N) is 1. The van der Waals surface area contributed by atoms with Crippen molar-refractivity contribution in [3.63, 3.8) is 0 Å². The van der Waals surface area contributed by atoms with Gasteiger partial charge in [0.2, 0.25) is 0 Å². The topological polar surface area (TPSA) is 45.1 Å². The van der Waals surface area contributed by atoms with Crippen LogP contribution in [0, 0.1) is 0 Å². The summed E-state index contributed by atoms with van der Waals surface area (Å²) in [4.78, 5) is 4.88. The smallest absolute Gasteiger partial charge is 0.0741 e. The number of aliphatic hydroxyl groups is 1. The molecule has 0 radical (unpaired) electrons. The Kier molecular flexibility index (Phi) is 6.94. The number of pyridine rings is 1. The minimum Gasteiger partial charge on any atom is -0.396 e. The van der Waals surface area contributed by atoms with Crippen molar-refractivity contribution in [2.75, 3.05) is 18.5 Å². The molecular weight excluding hydrogens is 332 g/mol. The van der Waals surface area contributed by atoms with Gasteiger partial charge < -0.3 is 10.4 Å². The number of rotatable bonds is 9. The first-order valence-electron chi connectivity index (χ1n) is 9.75. The highest BCUT2D eigenvalue weighted by Crippen LogP contribution is 2.34. The summed E-state index contributed by atoms with van der Waals surface area (Å²) in [6, 6.07) is 6.06. The third-order valence-corrected chi connectivity index (χ3v) is 5.35. The van der Waals surface area contributed by atoms with Crippen molar-refractivity contribution >= 4 is 28.2 Å². The van der Waals surface area contributed by atoms with Gasteiger partial charge in [0.05, 0.1) is 5.52 Å². The quantitative estimate of drug-likeness (QED) is 0.579. The summed E-state index contributed by atoms with van der Waals surface area (Å²) in [6.45, 7) is 1.33. The SMILES string of the molecule is OCCCCCCCCNc1c2c(nc3cc(Cl)ccc13)CCCC2. The van der Waals surface area contributed by atoms with Crippen LogP contribution < -0.4 is 5.32 Å². The molecule has 1 aliphatic rings. The number of benzene rings is 1. The first kappa shape index (κ1) is 18.5. The molecule has 0 amide bonds. The highest BCUT2D eigenvalue weighted by atomic mass is 35.5. The zero-order valence-corrected chi connectivity index (χ0v) is 15.7. The third kappa shape index (κ3) is 4.86. The molecule has 25 heavy (non-hydrogen) atoms. The van der Waals surface area contributed by atoms with Crippen LogP contribution in [0.4, 0.5) is 5.69 Å². The molecule has 0 aliphatic heterocycles. The number of nitrogens with one attached hydrogen (secondary N) is 1. The molecule has 3 nitrogen and oxygen atoms in total. The fourth-order valence-corrected chi connectivity index (χ4v) is 3.92. The van der Waals surface area contributed by atoms with Gasteiger partial charge in [-0.25, -0.2) is 0 Å². The zero-order valence-electron chi connectivity index (χ0n) is 15.0. The minimum atomic E-state index is 0.325. The van der Waals surface area contributed by atoms with Crippen LogP contribution in [0.3, 0.4) is 0 Å². The van der Waals surface area contributed by atoms with E-state index in [4.69, 9.17) is 21.7 Å². The lowest BCUT2D eigenvalue weighted by molar-refractivity contribution is 0.282. The van der Waals surface area contributed by atoms with Gasteiger partial charge in [-0.3, -0.25) is 4.98 Å². The molecule has 3 rings (SSSR count). The van der Waals surface area contributed by atoms with Crippen molar-refractivity contribution in [2.45, 2.75) is 64.2 Å². The van der Waals surface area contributed by atoms with Crippen molar-refractivity contribution in [2.24, 2.45) is 0 Å². The average molecular weight is 361 g/mol. The first-order valence-corrected chi connectivity index (χ1v) is 10.1. The number of anilines is 1. The molecule has 0 fully saturated rings. The number of aromatic nitrogens is 1. The second-order valence-electron chi connectivity index (χ2n) is 7.05. The molecule has 0 saturated carbocycles. The summed E-state index contributed by atoms with van der Waals surface area (Å²) in [5.74, 6) is 0. The largest absolute Gasteiger partial charge is 0.396 e. The van der Waals surface area contributed by atoms with Crippen LogP contribution >= 0.6 is 11.6 Å². The molecule has 2 N–H and O–H groups in total. The van der Waals surface area contributed by atoms with Crippen molar-refractivity contribution in [1.29, 1.82) is 0 Å². The Bertz CT molecular complexity index is 702. The molecule has 2 aromatic rings. The average Bonchev–Trinajstić information content (AvgIpc) is 2.63. The summed E-state index contributed by atoms with van der Waals surface area (Å²) < 4.78 is 0. The number of aryl methyl sites for hydroxylation is 1. The summed E-state index contributed by atoms with van der Waals surface area (Å²) in [7, 11) is 0. The number of halogens is 1. The monoisotopic (exact) mass is 360 g/mol. The third-order valence-electron chi connectivity index (χ3n) is 5.11. The van der Waals surface area contributed by atoms with E-state index in [-0.39, 0.29) is 0 Å². The highest BCUT2D eigenvalue weighted by Gasteiger charge is 2.18. The number of unbranched alkanes of at least 4 members (excludes halogenated alkanes) is 5. The van der Waals surface area contributed by atoms with Gasteiger partial charge in [-0.1, -0.05) is 37.3 Å². The van der Waals surface area contributed by atoms with Crippen LogP contribution in [-0.2, 0) is 12.8 Å². The van der Waals surface area contributed by atoms with E-state index in [0.717, 1.165) is 42.8 Å². The molecule has 0 saturated heterocycles. The van der Waals surface area contributed by atoms with Gasteiger partial charge in [0, 0.05) is 34.9 Å². The molecule has 1 heterocycles. The van der Waals surface area contributed by atoms with Gasteiger partial charge in [0.15, 0.2) is 0 Å². The second kappa shape index (κ2) is 9.40. The molecule has 136 valence electrons. The Labute approximate surface area is 155 Å². The van der Waals surface area contributed by atoms with Crippen LogP contribution in [0.25, 0.3) is 10.9 Å². The van der Waals surface area contributed by atoms with E-state index in [0.29, 0.717) is 6.61 Å². The maximum Gasteiger partial charge on any atom is 0.0741 e. The van der Waals surface area contributed by atoms with E-state index < -0.39 is 0 Å². The maximum absolute atomic E-state index is 8.81. The van der Waals surface area contributed by atoms with E-state index in [9.17, 15) is 0 Å². The Morgan fingerprint density at radius 1 is 1.00 bits per heavy atom. The number of hydrogen-bond donors (Lipinski definition) is 2. The lowest BCUT2D eigenvalue weighted by Crippen LogP contribution is -2.12. The van der Waals surface area contributed by atoms with Crippen molar-refractivity contribution in [3.05, 3.63) is 34.5 Å². The maximum atomic E-state index is 8.81. The molecule has 1 aromatic heterocycles. The molecule has 0 atom stereocenters. The van der Waals surface area contributed by atoms with E-state index >= 15 is 0 Å². The molecule has 0 unspecified atom stereocenters. The predicted octanol–water partition coefficient (Wildman–Crippen LogP) is 5.51.